The van der Waals surface area contributed by atoms with E-state index in [1.807, 2.05) is 6.07 Å². The van der Waals surface area contributed by atoms with Crippen molar-refractivity contribution in [3.05, 3.63) is 35.9 Å². The standard InChI is InChI=1S/C14H19N3O3/c1-2-15-13(19)10-17-12(18)8-9-16-14(20)11-6-4-3-5-7-11/h3-7H,2,8-10H2,1H3,(H,15,19)(H,16,20)(H,17,18). The maximum atomic E-state index is 11.7. The second-order valence-electron chi connectivity index (χ2n) is 4.10. The highest BCUT2D eigenvalue weighted by Gasteiger charge is 2.07. The fourth-order valence-corrected chi connectivity index (χ4v) is 1.51. The average Bonchev–Trinajstić information content (AvgIpc) is 2.46. The van der Waals surface area contributed by atoms with Gasteiger partial charge < -0.3 is 16.0 Å². The van der Waals surface area contributed by atoms with Crippen molar-refractivity contribution in [2.24, 2.45) is 0 Å². The van der Waals surface area contributed by atoms with E-state index in [0.717, 1.165) is 0 Å². The predicted octanol–water partition coefficient (Wildman–Crippen LogP) is 0.0588. The van der Waals surface area contributed by atoms with E-state index in [4.69, 9.17) is 0 Å². The Hall–Kier alpha value is -2.37. The van der Waals surface area contributed by atoms with E-state index in [1.54, 1.807) is 31.2 Å². The van der Waals surface area contributed by atoms with Crippen molar-refractivity contribution in [2.75, 3.05) is 19.6 Å². The van der Waals surface area contributed by atoms with Crippen LogP contribution in [0, 0.1) is 0 Å². The van der Waals surface area contributed by atoms with Crippen molar-refractivity contribution in [1.82, 2.24) is 16.0 Å². The summed E-state index contributed by atoms with van der Waals surface area (Å²) < 4.78 is 0. The molecule has 0 heterocycles. The van der Waals surface area contributed by atoms with E-state index in [-0.39, 0.29) is 37.2 Å². The monoisotopic (exact) mass is 277 g/mol. The van der Waals surface area contributed by atoms with Crippen LogP contribution in [0.25, 0.3) is 0 Å². The van der Waals surface area contributed by atoms with Crippen molar-refractivity contribution in [3.8, 4) is 0 Å². The second-order valence-corrected chi connectivity index (χ2v) is 4.10. The summed E-state index contributed by atoms with van der Waals surface area (Å²) in [4.78, 5) is 34.2. The summed E-state index contributed by atoms with van der Waals surface area (Å²) in [7, 11) is 0. The molecule has 108 valence electrons. The Bertz CT molecular complexity index is 460. The quantitative estimate of drug-likeness (QED) is 0.658. The largest absolute Gasteiger partial charge is 0.355 e. The van der Waals surface area contributed by atoms with Crippen LogP contribution in [0.15, 0.2) is 30.3 Å². The Labute approximate surface area is 117 Å². The van der Waals surface area contributed by atoms with E-state index < -0.39 is 0 Å². The first-order valence-corrected chi connectivity index (χ1v) is 6.50. The van der Waals surface area contributed by atoms with Crippen molar-refractivity contribution in [1.29, 1.82) is 0 Å². The van der Waals surface area contributed by atoms with Gasteiger partial charge >= 0.3 is 0 Å². The molecule has 6 nitrogen and oxygen atoms in total. The highest BCUT2D eigenvalue weighted by atomic mass is 16.2. The Kier molecular flexibility index (Phi) is 6.81. The molecule has 3 amide bonds. The summed E-state index contributed by atoms with van der Waals surface area (Å²) in [5.41, 5.74) is 0.551. The third-order valence-corrected chi connectivity index (χ3v) is 2.49. The Balaban J connectivity index is 2.19. The summed E-state index contributed by atoms with van der Waals surface area (Å²) in [6.45, 7) is 2.52. The predicted molar refractivity (Wildman–Crippen MR) is 75.1 cm³/mol. The van der Waals surface area contributed by atoms with E-state index in [2.05, 4.69) is 16.0 Å². The molecular formula is C14H19N3O3. The van der Waals surface area contributed by atoms with Crippen LogP contribution in [0.4, 0.5) is 0 Å². The van der Waals surface area contributed by atoms with Gasteiger partial charge in [0.25, 0.3) is 5.91 Å². The van der Waals surface area contributed by atoms with Crippen molar-refractivity contribution < 1.29 is 14.4 Å². The van der Waals surface area contributed by atoms with E-state index in [0.29, 0.717) is 12.1 Å². The lowest BCUT2D eigenvalue weighted by Crippen LogP contribution is -2.38. The molecule has 3 N–H and O–H groups in total. The van der Waals surface area contributed by atoms with Gasteiger partial charge in [0, 0.05) is 25.1 Å². The van der Waals surface area contributed by atoms with Crippen LogP contribution in [0.5, 0.6) is 0 Å². The van der Waals surface area contributed by atoms with Crippen LogP contribution in [0.1, 0.15) is 23.7 Å². The summed E-state index contributed by atoms with van der Waals surface area (Å²) in [6.07, 6.45) is 0.137. The molecule has 0 fully saturated rings. The minimum atomic E-state index is -0.274. The normalized spacial score (nSPS) is 9.65. The van der Waals surface area contributed by atoms with Gasteiger partial charge in [0.1, 0.15) is 0 Å². The molecule has 0 radical (unpaired) electrons. The highest BCUT2D eigenvalue weighted by molar-refractivity contribution is 5.94. The third-order valence-electron chi connectivity index (χ3n) is 2.49. The highest BCUT2D eigenvalue weighted by Crippen LogP contribution is 1.97. The van der Waals surface area contributed by atoms with Gasteiger partial charge in [0.05, 0.1) is 6.54 Å². The minimum absolute atomic E-state index is 0.0424. The molecule has 1 rings (SSSR count). The lowest BCUT2D eigenvalue weighted by atomic mass is 10.2. The fourth-order valence-electron chi connectivity index (χ4n) is 1.51. The number of nitrogens with one attached hydrogen (secondary N) is 3. The van der Waals surface area contributed by atoms with Gasteiger partial charge in [-0.1, -0.05) is 18.2 Å². The summed E-state index contributed by atoms with van der Waals surface area (Å²) in [5, 5.41) is 7.69. The lowest BCUT2D eigenvalue weighted by molar-refractivity contribution is -0.126. The molecule has 0 aliphatic heterocycles. The molecule has 0 atom stereocenters. The van der Waals surface area contributed by atoms with Gasteiger partial charge in [0.15, 0.2) is 0 Å². The van der Waals surface area contributed by atoms with Gasteiger partial charge in [0.2, 0.25) is 11.8 Å². The molecule has 0 saturated heterocycles. The zero-order valence-corrected chi connectivity index (χ0v) is 11.4. The number of likely N-dealkylation sites (N-methyl/N-ethyl adjacent to an activating group) is 1. The smallest absolute Gasteiger partial charge is 0.251 e. The number of amides is 3. The zero-order valence-electron chi connectivity index (χ0n) is 11.4. The van der Waals surface area contributed by atoms with E-state index in [9.17, 15) is 14.4 Å². The summed E-state index contributed by atoms with van der Waals surface area (Å²) >= 11 is 0. The Morgan fingerprint density at radius 3 is 2.30 bits per heavy atom. The average molecular weight is 277 g/mol. The van der Waals surface area contributed by atoms with Gasteiger partial charge in [-0.3, -0.25) is 14.4 Å². The first kappa shape index (κ1) is 15.7. The topological polar surface area (TPSA) is 87.3 Å². The van der Waals surface area contributed by atoms with Crippen molar-refractivity contribution in [2.45, 2.75) is 13.3 Å². The van der Waals surface area contributed by atoms with Crippen LogP contribution >= 0.6 is 0 Å². The number of carbonyl (C=O) groups excluding carboxylic acids is 3. The molecule has 6 heteroatoms. The van der Waals surface area contributed by atoms with Gasteiger partial charge in [-0.25, -0.2) is 0 Å². The van der Waals surface area contributed by atoms with Crippen molar-refractivity contribution in [3.63, 3.8) is 0 Å². The number of carbonyl (C=O) groups is 3. The number of hydrogen-bond donors (Lipinski definition) is 3. The Morgan fingerprint density at radius 1 is 0.950 bits per heavy atom. The van der Waals surface area contributed by atoms with E-state index in [1.165, 1.54) is 0 Å². The van der Waals surface area contributed by atoms with Crippen LogP contribution in [0.2, 0.25) is 0 Å². The molecule has 0 aromatic heterocycles. The number of benzene rings is 1. The lowest BCUT2D eigenvalue weighted by Gasteiger charge is -2.06. The zero-order chi connectivity index (χ0) is 14.8. The molecule has 0 unspecified atom stereocenters. The maximum Gasteiger partial charge on any atom is 0.251 e. The molecule has 0 aliphatic carbocycles. The Morgan fingerprint density at radius 2 is 1.65 bits per heavy atom. The first-order valence-electron chi connectivity index (χ1n) is 6.50. The summed E-state index contributed by atoms with van der Waals surface area (Å²) in [5.74, 6) is -0.721. The molecule has 1 aromatic carbocycles. The second kappa shape index (κ2) is 8.68. The van der Waals surface area contributed by atoms with Crippen molar-refractivity contribution >= 4 is 17.7 Å². The van der Waals surface area contributed by atoms with Crippen LogP contribution in [-0.4, -0.2) is 37.4 Å². The van der Waals surface area contributed by atoms with Gasteiger partial charge in [-0.2, -0.15) is 0 Å². The molecule has 0 spiro atoms. The number of rotatable bonds is 7. The van der Waals surface area contributed by atoms with E-state index >= 15 is 0 Å². The summed E-state index contributed by atoms with van der Waals surface area (Å²) in [6, 6.07) is 8.77. The first-order chi connectivity index (χ1) is 9.63. The van der Waals surface area contributed by atoms with Crippen LogP contribution in [0.3, 0.4) is 0 Å². The number of hydrogen-bond acceptors (Lipinski definition) is 3. The van der Waals surface area contributed by atoms with Crippen LogP contribution < -0.4 is 16.0 Å². The molecule has 0 bridgehead atoms. The van der Waals surface area contributed by atoms with Crippen LogP contribution in [-0.2, 0) is 9.59 Å². The molecular weight excluding hydrogens is 258 g/mol. The maximum absolute atomic E-state index is 11.7. The molecule has 1 aromatic rings. The molecule has 20 heavy (non-hydrogen) atoms. The fraction of sp³-hybridized carbons (Fsp3) is 0.357. The molecule has 0 aliphatic rings. The third kappa shape index (κ3) is 5.99. The van der Waals surface area contributed by atoms with Gasteiger partial charge in [-0.15, -0.1) is 0 Å². The SMILES string of the molecule is CCNC(=O)CNC(=O)CCNC(=O)c1ccccc1. The minimum Gasteiger partial charge on any atom is -0.355 e. The van der Waals surface area contributed by atoms with Gasteiger partial charge in [-0.05, 0) is 19.1 Å². The molecule has 0 saturated carbocycles.